The highest BCUT2D eigenvalue weighted by Gasteiger charge is 2.17. The van der Waals surface area contributed by atoms with Gasteiger partial charge in [-0.2, -0.15) is 0 Å². The Morgan fingerprint density at radius 2 is 1.84 bits per heavy atom. The molecular weight excluding hydrogens is 318 g/mol. The maximum absolute atomic E-state index is 12.6. The predicted molar refractivity (Wildman–Crippen MR) is 97.9 cm³/mol. The lowest BCUT2D eigenvalue weighted by Gasteiger charge is -2.29. The lowest BCUT2D eigenvalue weighted by atomic mass is 10.1. The highest BCUT2D eigenvalue weighted by atomic mass is 16.2. The number of carbonyl (C=O) groups is 2. The molecule has 1 aromatic carbocycles. The maximum Gasteiger partial charge on any atom is 0.316 e. The number of benzene rings is 1. The second-order valence-electron chi connectivity index (χ2n) is 5.95. The number of nitrogens with two attached hydrogens (primary N) is 1. The summed E-state index contributed by atoms with van der Waals surface area (Å²) in [5.41, 5.74) is 6.70. The first-order valence-electron chi connectivity index (χ1n) is 8.31. The van der Waals surface area contributed by atoms with Gasteiger partial charge in [0.2, 0.25) is 0 Å². The number of rotatable bonds is 4. The first-order valence-corrected chi connectivity index (χ1v) is 8.31. The van der Waals surface area contributed by atoms with Gasteiger partial charge in [-0.3, -0.25) is 4.79 Å². The predicted octanol–water partition coefficient (Wildman–Crippen LogP) is 2.81. The van der Waals surface area contributed by atoms with E-state index in [4.69, 9.17) is 5.73 Å². The Labute approximate surface area is 146 Å². The molecule has 2 heterocycles. The zero-order chi connectivity index (χ0) is 17.6. The van der Waals surface area contributed by atoms with E-state index in [2.05, 4.69) is 20.5 Å². The molecule has 130 valence electrons. The van der Waals surface area contributed by atoms with Gasteiger partial charge in [-0.25, -0.2) is 9.78 Å². The van der Waals surface area contributed by atoms with Crippen LogP contribution < -0.4 is 21.3 Å². The van der Waals surface area contributed by atoms with E-state index in [0.29, 0.717) is 16.9 Å². The molecule has 1 aromatic heterocycles. The Hall–Kier alpha value is -3.09. The molecule has 0 bridgehead atoms. The second kappa shape index (κ2) is 7.65. The molecule has 7 heteroatoms. The van der Waals surface area contributed by atoms with Gasteiger partial charge in [0.1, 0.15) is 0 Å². The van der Waals surface area contributed by atoms with Crippen molar-refractivity contribution in [1.29, 1.82) is 0 Å². The van der Waals surface area contributed by atoms with Crippen LogP contribution in [0.5, 0.6) is 0 Å². The first kappa shape index (κ1) is 16.8. The lowest BCUT2D eigenvalue weighted by molar-refractivity contribution is 0.102. The number of aromatic nitrogens is 1. The zero-order valence-corrected chi connectivity index (χ0v) is 13.9. The van der Waals surface area contributed by atoms with Crippen LogP contribution in [0.2, 0.25) is 0 Å². The molecular formula is C18H21N5O2. The van der Waals surface area contributed by atoms with Gasteiger partial charge in [0, 0.05) is 30.5 Å². The summed E-state index contributed by atoms with van der Waals surface area (Å²) in [7, 11) is 0. The van der Waals surface area contributed by atoms with Crippen LogP contribution in [0, 0.1) is 0 Å². The fourth-order valence-corrected chi connectivity index (χ4v) is 2.93. The van der Waals surface area contributed by atoms with Crippen LogP contribution in [0.1, 0.15) is 29.6 Å². The van der Waals surface area contributed by atoms with Crippen molar-refractivity contribution in [2.24, 2.45) is 5.73 Å². The maximum atomic E-state index is 12.6. The molecule has 1 fully saturated rings. The van der Waals surface area contributed by atoms with Crippen molar-refractivity contribution in [3.8, 4) is 0 Å². The van der Waals surface area contributed by atoms with E-state index in [0.717, 1.165) is 31.7 Å². The van der Waals surface area contributed by atoms with Gasteiger partial charge in [0.25, 0.3) is 5.91 Å². The Kier molecular flexibility index (Phi) is 5.13. The second-order valence-corrected chi connectivity index (χ2v) is 5.95. The van der Waals surface area contributed by atoms with E-state index < -0.39 is 6.03 Å². The van der Waals surface area contributed by atoms with Crippen LogP contribution in [0.3, 0.4) is 0 Å². The molecule has 1 saturated heterocycles. The molecule has 3 amide bonds. The summed E-state index contributed by atoms with van der Waals surface area (Å²) in [4.78, 5) is 30.2. The number of piperidine rings is 1. The third kappa shape index (κ3) is 4.26. The number of hydrogen-bond donors (Lipinski definition) is 3. The van der Waals surface area contributed by atoms with Gasteiger partial charge in [-0.15, -0.1) is 0 Å². The Morgan fingerprint density at radius 1 is 1.04 bits per heavy atom. The SMILES string of the molecule is NC(=O)Nc1cccc(C(=O)Nc2cccnc2N2CCCCC2)c1. The largest absolute Gasteiger partial charge is 0.355 e. The quantitative estimate of drug-likeness (QED) is 0.797. The molecule has 1 aliphatic heterocycles. The number of anilines is 3. The number of pyridine rings is 1. The van der Waals surface area contributed by atoms with Crippen molar-refractivity contribution in [2.75, 3.05) is 28.6 Å². The summed E-state index contributed by atoms with van der Waals surface area (Å²) in [6.45, 7) is 1.88. The average Bonchev–Trinajstić information content (AvgIpc) is 2.62. The highest BCUT2D eigenvalue weighted by Crippen LogP contribution is 2.26. The van der Waals surface area contributed by atoms with Crippen molar-refractivity contribution in [1.82, 2.24) is 4.98 Å². The van der Waals surface area contributed by atoms with Crippen molar-refractivity contribution in [3.05, 3.63) is 48.2 Å². The van der Waals surface area contributed by atoms with Crippen LogP contribution in [-0.2, 0) is 0 Å². The van der Waals surface area contributed by atoms with Crippen LogP contribution in [-0.4, -0.2) is 30.0 Å². The van der Waals surface area contributed by atoms with Gasteiger partial charge < -0.3 is 21.3 Å². The summed E-state index contributed by atoms with van der Waals surface area (Å²) in [5.74, 6) is 0.529. The highest BCUT2D eigenvalue weighted by molar-refractivity contribution is 6.06. The zero-order valence-electron chi connectivity index (χ0n) is 13.9. The standard InChI is InChI=1S/C18H21N5O2/c19-18(25)21-14-7-4-6-13(12-14)17(24)22-15-8-5-9-20-16(15)23-10-2-1-3-11-23/h4-9,12H,1-3,10-11H2,(H,22,24)(H3,19,21,25). The third-order valence-corrected chi connectivity index (χ3v) is 4.08. The molecule has 0 unspecified atom stereocenters. The minimum atomic E-state index is -0.669. The lowest BCUT2D eigenvalue weighted by Crippen LogP contribution is -2.31. The molecule has 0 saturated carbocycles. The minimum Gasteiger partial charge on any atom is -0.355 e. The fraction of sp³-hybridized carbons (Fsp3) is 0.278. The smallest absolute Gasteiger partial charge is 0.316 e. The molecule has 0 aliphatic carbocycles. The summed E-state index contributed by atoms with van der Waals surface area (Å²) < 4.78 is 0. The normalized spacial score (nSPS) is 14.0. The van der Waals surface area contributed by atoms with Crippen molar-refractivity contribution < 1.29 is 9.59 Å². The van der Waals surface area contributed by atoms with Gasteiger partial charge in [0.15, 0.2) is 5.82 Å². The van der Waals surface area contributed by atoms with E-state index in [-0.39, 0.29) is 5.91 Å². The third-order valence-electron chi connectivity index (χ3n) is 4.08. The number of urea groups is 1. The molecule has 0 radical (unpaired) electrons. The van der Waals surface area contributed by atoms with Crippen molar-refractivity contribution in [3.63, 3.8) is 0 Å². The summed E-state index contributed by atoms with van der Waals surface area (Å²) in [6, 6.07) is 9.60. The summed E-state index contributed by atoms with van der Waals surface area (Å²) >= 11 is 0. The molecule has 0 spiro atoms. The van der Waals surface area contributed by atoms with Crippen molar-refractivity contribution >= 4 is 29.1 Å². The number of hydrogen-bond acceptors (Lipinski definition) is 4. The Balaban J connectivity index is 1.78. The Bertz CT molecular complexity index is 772. The number of amides is 3. The molecule has 7 nitrogen and oxygen atoms in total. The van der Waals surface area contributed by atoms with E-state index in [1.807, 2.05) is 6.07 Å². The summed E-state index contributed by atoms with van der Waals surface area (Å²) in [5, 5.41) is 5.38. The summed E-state index contributed by atoms with van der Waals surface area (Å²) in [6.07, 6.45) is 5.22. The Morgan fingerprint density at radius 3 is 2.60 bits per heavy atom. The minimum absolute atomic E-state index is 0.264. The van der Waals surface area contributed by atoms with Crippen LogP contribution in [0.25, 0.3) is 0 Å². The average molecular weight is 339 g/mol. The van der Waals surface area contributed by atoms with Gasteiger partial charge >= 0.3 is 6.03 Å². The topological polar surface area (TPSA) is 100 Å². The molecule has 1 aliphatic rings. The van der Waals surface area contributed by atoms with E-state index in [1.54, 1.807) is 36.5 Å². The van der Waals surface area contributed by atoms with Gasteiger partial charge in [-0.1, -0.05) is 6.07 Å². The molecule has 25 heavy (non-hydrogen) atoms. The molecule has 4 N–H and O–H groups in total. The van der Waals surface area contributed by atoms with Crippen LogP contribution in [0.15, 0.2) is 42.6 Å². The van der Waals surface area contributed by atoms with Crippen molar-refractivity contribution in [2.45, 2.75) is 19.3 Å². The number of primary amides is 1. The monoisotopic (exact) mass is 339 g/mol. The van der Waals surface area contributed by atoms with Gasteiger partial charge in [0.05, 0.1) is 5.69 Å². The number of nitrogens with one attached hydrogen (secondary N) is 2. The molecule has 0 atom stereocenters. The fourth-order valence-electron chi connectivity index (χ4n) is 2.93. The first-order chi connectivity index (χ1) is 12.1. The van der Waals surface area contributed by atoms with Gasteiger partial charge in [-0.05, 0) is 49.6 Å². The van der Waals surface area contributed by atoms with Crippen LogP contribution >= 0.6 is 0 Å². The number of nitrogens with zero attached hydrogens (tertiary/aromatic N) is 2. The van der Waals surface area contributed by atoms with Crippen LogP contribution in [0.4, 0.5) is 22.0 Å². The van der Waals surface area contributed by atoms with E-state index in [9.17, 15) is 9.59 Å². The van der Waals surface area contributed by atoms with E-state index in [1.165, 1.54) is 6.42 Å². The number of carbonyl (C=O) groups excluding carboxylic acids is 2. The molecule has 2 aromatic rings. The van der Waals surface area contributed by atoms with E-state index >= 15 is 0 Å². The molecule has 3 rings (SSSR count).